The van der Waals surface area contributed by atoms with Crippen molar-refractivity contribution < 1.29 is 23.9 Å². The SMILES string of the molecule is COc1ccc(CN2CCNc3ccc([N+](=O)[O-])cc3Oc3ccccc3C2=O)cc1OC. The number of rotatable bonds is 5. The summed E-state index contributed by atoms with van der Waals surface area (Å²) in [6.07, 6.45) is 0. The summed E-state index contributed by atoms with van der Waals surface area (Å²) in [6.45, 7) is 1.18. The highest BCUT2D eigenvalue weighted by Gasteiger charge is 2.23. The van der Waals surface area contributed by atoms with Gasteiger partial charge in [0.2, 0.25) is 0 Å². The van der Waals surface area contributed by atoms with E-state index in [0.717, 1.165) is 5.56 Å². The van der Waals surface area contributed by atoms with Crippen molar-refractivity contribution in [3.63, 3.8) is 0 Å². The molecule has 1 heterocycles. The van der Waals surface area contributed by atoms with E-state index in [-0.39, 0.29) is 17.3 Å². The first-order valence-corrected chi connectivity index (χ1v) is 10.3. The zero-order chi connectivity index (χ0) is 23.4. The van der Waals surface area contributed by atoms with E-state index in [2.05, 4.69) is 5.32 Å². The number of non-ortho nitro benzene ring substituents is 1. The predicted octanol–water partition coefficient (Wildman–Crippen LogP) is 4.47. The minimum absolute atomic E-state index is 0.0912. The van der Waals surface area contributed by atoms with Crippen molar-refractivity contribution in [3.05, 3.63) is 81.9 Å². The number of nitrogens with one attached hydrogen (secondary N) is 1. The van der Waals surface area contributed by atoms with Gasteiger partial charge in [-0.2, -0.15) is 0 Å². The quantitative estimate of drug-likeness (QED) is 0.453. The third kappa shape index (κ3) is 4.67. The third-order valence-electron chi connectivity index (χ3n) is 5.32. The number of hydrogen-bond donors (Lipinski definition) is 1. The third-order valence-corrected chi connectivity index (χ3v) is 5.32. The molecule has 0 saturated carbocycles. The number of anilines is 1. The average molecular weight is 449 g/mol. The van der Waals surface area contributed by atoms with E-state index < -0.39 is 4.92 Å². The van der Waals surface area contributed by atoms with Crippen LogP contribution < -0.4 is 19.5 Å². The molecule has 0 aliphatic carbocycles. The Kier molecular flexibility index (Phi) is 6.30. The number of amides is 1. The van der Waals surface area contributed by atoms with Crippen LogP contribution in [0.25, 0.3) is 0 Å². The zero-order valence-electron chi connectivity index (χ0n) is 18.2. The maximum Gasteiger partial charge on any atom is 0.273 e. The number of para-hydroxylation sites is 1. The first-order valence-electron chi connectivity index (χ1n) is 10.3. The Labute approximate surface area is 190 Å². The fraction of sp³-hybridized carbons (Fsp3) is 0.208. The van der Waals surface area contributed by atoms with Gasteiger partial charge in [0.1, 0.15) is 5.75 Å². The molecule has 0 atom stereocenters. The van der Waals surface area contributed by atoms with E-state index in [1.165, 1.54) is 12.1 Å². The number of nitrogens with zero attached hydrogens (tertiary/aromatic N) is 2. The van der Waals surface area contributed by atoms with Gasteiger partial charge < -0.3 is 24.4 Å². The Balaban J connectivity index is 1.68. The van der Waals surface area contributed by atoms with Crippen LogP contribution in [0.3, 0.4) is 0 Å². The molecule has 0 unspecified atom stereocenters. The molecule has 9 heteroatoms. The lowest BCUT2D eigenvalue weighted by Crippen LogP contribution is -2.35. The molecule has 0 aromatic heterocycles. The van der Waals surface area contributed by atoms with Gasteiger partial charge in [0.25, 0.3) is 11.6 Å². The van der Waals surface area contributed by atoms with Gasteiger partial charge >= 0.3 is 0 Å². The lowest BCUT2D eigenvalue weighted by Gasteiger charge is -2.26. The number of carbonyl (C=O) groups is 1. The molecule has 9 nitrogen and oxygen atoms in total. The molecule has 1 aliphatic heterocycles. The monoisotopic (exact) mass is 449 g/mol. The van der Waals surface area contributed by atoms with Crippen LogP contribution in [0.1, 0.15) is 15.9 Å². The lowest BCUT2D eigenvalue weighted by molar-refractivity contribution is -0.384. The number of nitro groups is 1. The maximum atomic E-state index is 13.5. The number of fused-ring (bicyclic) bond motifs is 2. The van der Waals surface area contributed by atoms with Crippen molar-refractivity contribution in [1.29, 1.82) is 0 Å². The maximum absolute atomic E-state index is 13.5. The van der Waals surface area contributed by atoms with Crippen molar-refractivity contribution in [2.75, 3.05) is 32.6 Å². The minimum Gasteiger partial charge on any atom is -0.493 e. The number of benzene rings is 3. The number of methoxy groups -OCH3 is 2. The number of nitro benzene ring substituents is 1. The summed E-state index contributed by atoms with van der Waals surface area (Å²) in [7, 11) is 3.14. The molecule has 3 aromatic carbocycles. The molecule has 1 aliphatic rings. The van der Waals surface area contributed by atoms with E-state index in [4.69, 9.17) is 14.2 Å². The average Bonchev–Trinajstić information content (AvgIpc) is 2.83. The second-order valence-electron chi connectivity index (χ2n) is 7.38. The molecule has 0 spiro atoms. The lowest BCUT2D eigenvalue weighted by atomic mass is 10.1. The summed E-state index contributed by atoms with van der Waals surface area (Å²) in [4.78, 5) is 25.9. The van der Waals surface area contributed by atoms with Gasteiger partial charge in [-0.15, -0.1) is 0 Å². The standard InChI is InChI=1S/C24H23N3O6/c1-31-21-10-7-16(13-23(21)32-2)15-26-12-11-25-19-9-8-17(27(29)30)14-22(19)33-20-6-4-3-5-18(20)24(26)28/h3-10,13-14,25H,11-12,15H2,1-2H3. The van der Waals surface area contributed by atoms with Crippen LogP contribution in [0, 0.1) is 10.1 Å². The summed E-state index contributed by atoms with van der Waals surface area (Å²) in [5.41, 5.74) is 1.77. The Morgan fingerprint density at radius 1 is 1.03 bits per heavy atom. The fourth-order valence-corrected chi connectivity index (χ4v) is 3.65. The summed E-state index contributed by atoms with van der Waals surface area (Å²) in [6, 6.07) is 16.8. The van der Waals surface area contributed by atoms with Crippen molar-refractivity contribution in [2.45, 2.75) is 6.54 Å². The summed E-state index contributed by atoms with van der Waals surface area (Å²) in [5.74, 6) is 1.60. The highest BCUT2D eigenvalue weighted by atomic mass is 16.6. The normalized spacial score (nSPS) is 13.2. The number of hydrogen-bond acceptors (Lipinski definition) is 7. The van der Waals surface area contributed by atoms with Crippen molar-refractivity contribution in [3.8, 4) is 23.0 Å². The summed E-state index contributed by atoms with van der Waals surface area (Å²) in [5, 5.41) is 14.4. The molecule has 170 valence electrons. The Hall–Kier alpha value is -4.27. The van der Waals surface area contributed by atoms with Gasteiger partial charge in [-0.3, -0.25) is 14.9 Å². The van der Waals surface area contributed by atoms with Crippen LogP contribution in [-0.2, 0) is 6.54 Å². The molecule has 33 heavy (non-hydrogen) atoms. The molecule has 0 saturated heterocycles. The van der Waals surface area contributed by atoms with Crippen molar-refractivity contribution in [1.82, 2.24) is 4.90 Å². The molecular formula is C24H23N3O6. The highest BCUT2D eigenvalue weighted by molar-refractivity contribution is 5.97. The molecule has 3 aromatic rings. The molecule has 0 fully saturated rings. The van der Waals surface area contributed by atoms with Crippen LogP contribution in [0.5, 0.6) is 23.0 Å². The summed E-state index contributed by atoms with van der Waals surface area (Å²) >= 11 is 0. The van der Waals surface area contributed by atoms with E-state index in [1.807, 2.05) is 12.1 Å². The fourth-order valence-electron chi connectivity index (χ4n) is 3.65. The van der Waals surface area contributed by atoms with Crippen molar-refractivity contribution >= 4 is 17.3 Å². The number of ether oxygens (including phenoxy) is 3. The van der Waals surface area contributed by atoms with Crippen LogP contribution in [0.4, 0.5) is 11.4 Å². The largest absolute Gasteiger partial charge is 0.493 e. The van der Waals surface area contributed by atoms with Crippen LogP contribution in [0.2, 0.25) is 0 Å². The van der Waals surface area contributed by atoms with E-state index >= 15 is 0 Å². The van der Waals surface area contributed by atoms with Gasteiger partial charge in [-0.1, -0.05) is 18.2 Å². The molecule has 0 radical (unpaired) electrons. The van der Waals surface area contributed by atoms with Gasteiger partial charge in [-0.05, 0) is 35.9 Å². The van der Waals surface area contributed by atoms with Crippen molar-refractivity contribution in [2.24, 2.45) is 0 Å². The molecule has 1 N–H and O–H groups in total. The van der Waals surface area contributed by atoms with E-state index in [9.17, 15) is 14.9 Å². The zero-order valence-corrected chi connectivity index (χ0v) is 18.2. The Morgan fingerprint density at radius 2 is 1.82 bits per heavy atom. The second kappa shape index (κ2) is 9.47. The summed E-state index contributed by atoms with van der Waals surface area (Å²) < 4.78 is 16.7. The Bertz CT molecular complexity index is 1200. The molecule has 0 bridgehead atoms. The smallest absolute Gasteiger partial charge is 0.273 e. The topological polar surface area (TPSA) is 103 Å². The van der Waals surface area contributed by atoms with Gasteiger partial charge in [-0.25, -0.2) is 0 Å². The molecular weight excluding hydrogens is 426 g/mol. The van der Waals surface area contributed by atoms with E-state index in [0.29, 0.717) is 48.1 Å². The first kappa shape index (κ1) is 21.9. The van der Waals surface area contributed by atoms with E-state index in [1.54, 1.807) is 55.5 Å². The van der Waals surface area contributed by atoms with Gasteiger partial charge in [0, 0.05) is 25.7 Å². The van der Waals surface area contributed by atoms with Gasteiger partial charge in [0.15, 0.2) is 17.2 Å². The second-order valence-corrected chi connectivity index (χ2v) is 7.38. The van der Waals surface area contributed by atoms with Crippen LogP contribution >= 0.6 is 0 Å². The first-order chi connectivity index (χ1) is 16.0. The van der Waals surface area contributed by atoms with Crippen LogP contribution in [-0.4, -0.2) is 43.0 Å². The van der Waals surface area contributed by atoms with Gasteiger partial charge in [0.05, 0.1) is 36.5 Å². The highest BCUT2D eigenvalue weighted by Crippen LogP contribution is 2.36. The minimum atomic E-state index is -0.482. The predicted molar refractivity (Wildman–Crippen MR) is 122 cm³/mol. The molecule has 1 amide bonds. The van der Waals surface area contributed by atoms with Crippen LogP contribution in [0.15, 0.2) is 60.7 Å². The Morgan fingerprint density at radius 3 is 2.58 bits per heavy atom. The molecule has 4 rings (SSSR count). The number of carbonyl (C=O) groups excluding carboxylic acids is 1.